The number of hydrogen-bond donors (Lipinski definition) is 1. The molecule has 1 aromatic heterocycles. The standard InChI is InChI=1S/C18H20FN3O3S/c19-18(17(23)21-13-15-6-4-10-20-12-15)9-5-11-22(14-18)26(24,25)16-7-2-1-3-8-16/h1-4,6-8,10,12H,5,9,11,13-14H2,(H,21,23)/t18-/m0/s1. The fourth-order valence-corrected chi connectivity index (χ4v) is 4.49. The van der Waals surface area contributed by atoms with E-state index in [1.807, 2.05) is 0 Å². The van der Waals surface area contributed by atoms with E-state index < -0.39 is 28.1 Å². The predicted molar refractivity (Wildman–Crippen MR) is 94.4 cm³/mol. The average molecular weight is 377 g/mol. The van der Waals surface area contributed by atoms with Gasteiger partial charge in [-0.05, 0) is 36.6 Å². The first kappa shape index (κ1) is 18.5. The van der Waals surface area contributed by atoms with Crippen molar-refractivity contribution < 1.29 is 17.6 Å². The van der Waals surface area contributed by atoms with E-state index in [1.54, 1.807) is 42.7 Å². The Morgan fingerprint density at radius 1 is 1.23 bits per heavy atom. The molecule has 0 saturated carbocycles. The van der Waals surface area contributed by atoms with Gasteiger partial charge in [0, 0.05) is 25.5 Å². The van der Waals surface area contributed by atoms with Crippen LogP contribution in [0.3, 0.4) is 0 Å². The molecule has 1 aliphatic heterocycles. The van der Waals surface area contributed by atoms with E-state index >= 15 is 4.39 Å². The van der Waals surface area contributed by atoms with Crippen molar-refractivity contribution in [3.63, 3.8) is 0 Å². The zero-order chi connectivity index (χ0) is 18.6. The van der Waals surface area contributed by atoms with Gasteiger partial charge >= 0.3 is 0 Å². The van der Waals surface area contributed by atoms with Gasteiger partial charge < -0.3 is 5.32 Å². The first-order chi connectivity index (χ1) is 12.4. The number of hydrogen-bond acceptors (Lipinski definition) is 4. The Morgan fingerprint density at radius 2 is 2.00 bits per heavy atom. The van der Waals surface area contributed by atoms with Crippen LogP contribution in [0.4, 0.5) is 4.39 Å². The highest BCUT2D eigenvalue weighted by molar-refractivity contribution is 7.89. The summed E-state index contributed by atoms with van der Waals surface area (Å²) in [6.07, 6.45) is 3.46. The average Bonchev–Trinajstić information content (AvgIpc) is 2.67. The molecule has 8 heteroatoms. The molecule has 1 atom stereocenters. The van der Waals surface area contributed by atoms with Crippen LogP contribution in [0, 0.1) is 0 Å². The zero-order valence-corrected chi connectivity index (χ0v) is 15.0. The fourth-order valence-electron chi connectivity index (χ4n) is 2.95. The number of benzene rings is 1. The maximum Gasteiger partial charge on any atom is 0.259 e. The minimum Gasteiger partial charge on any atom is -0.349 e. The molecule has 1 saturated heterocycles. The highest BCUT2D eigenvalue weighted by Crippen LogP contribution is 2.29. The summed E-state index contributed by atoms with van der Waals surface area (Å²) >= 11 is 0. The van der Waals surface area contributed by atoms with Crippen molar-refractivity contribution in [2.45, 2.75) is 30.0 Å². The maximum absolute atomic E-state index is 15.2. The molecule has 3 rings (SSSR count). The molecule has 6 nitrogen and oxygen atoms in total. The third kappa shape index (κ3) is 3.91. The van der Waals surface area contributed by atoms with Gasteiger partial charge in [-0.25, -0.2) is 12.8 Å². The molecule has 2 aromatic rings. The van der Waals surface area contributed by atoms with Crippen LogP contribution in [-0.2, 0) is 21.4 Å². The van der Waals surface area contributed by atoms with E-state index in [0.29, 0.717) is 0 Å². The van der Waals surface area contributed by atoms with Gasteiger partial charge in [0.15, 0.2) is 0 Å². The second kappa shape index (κ2) is 7.51. The van der Waals surface area contributed by atoms with E-state index in [4.69, 9.17) is 0 Å². The van der Waals surface area contributed by atoms with E-state index in [9.17, 15) is 13.2 Å². The summed E-state index contributed by atoms with van der Waals surface area (Å²) < 4.78 is 41.7. The minimum atomic E-state index is -3.83. The van der Waals surface area contributed by atoms with Gasteiger partial charge in [0.25, 0.3) is 5.91 Å². The molecule has 0 bridgehead atoms. The Kier molecular flexibility index (Phi) is 5.33. The first-order valence-electron chi connectivity index (χ1n) is 8.33. The molecule has 0 aliphatic carbocycles. The lowest BCUT2D eigenvalue weighted by Crippen LogP contribution is -2.55. The van der Waals surface area contributed by atoms with Crippen molar-refractivity contribution in [1.29, 1.82) is 0 Å². The number of sulfonamides is 1. The number of amides is 1. The Morgan fingerprint density at radius 3 is 2.69 bits per heavy atom. The first-order valence-corrected chi connectivity index (χ1v) is 9.77. The second-order valence-electron chi connectivity index (χ2n) is 6.26. The topological polar surface area (TPSA) is 79.4 Å². The minimum absolute atomic E-state index is 0.00726. The Labute approximate surface area is 152 Å². The van der Waals surface area contributed by atoms with E-state index in [-0.39, 0.29) is 30.8 Å². The number of aromatic nitrogens is 1. The van der Waals surface area contributed by atoms with Gasteiger partial charge in [-0.15, -0.1) is 0 Å². The number of nitrogens with zero attached hydrogens (tertiary/aromatic N) is 2. The number of pyridine rings is 1. The Hall–Kier alpha value is -2.32. The third-order valence-corrected chi connectivity index (χ3v) is 6.23. The summed E-state index contributed by atoms with van der Waals surface area (Å²) in [5.41, 5.74) is -1.50. The zero-order valence-electron chi connectivity index (χ0n) is 14.1. The van der Waals surface area contributed by atoms with Gasteiger partial charge in [-0.1, -0.05) is 24.3 Å². The lowest BCUT2D eigenvalue weighted by atomic mass is 9.95. The molecule has 1 aromatic carbocycles. The van der Waals surface area contributed by atoms with Crippen LogP contribution in [0.15, 0.2) is 59.8 Å². The smallest absolute Gasteiger partial charge is 0.259 e. The summed E-state index contributed by atoms with van der Waals surface area (Å²) in [6.45, 7) is -0.147. The molecule has 1 amide bonds. The molecular weight excluding hydrogens is 357 g/mol. The number of alkyl halides is 1. The summed E-state index contributed by atoms with van der Waals surface area (Å²) in [7, 11) is -3.83. The fraction of sp³-hybridized carbons (Fsp3) is 0.333. The van der Waals surface area contributed by atoms with Crippen molar-refractivity contribution in [1.82, 2.24) is 14.6 Å². The summed E-state index contributed by atoms with van der Waals surface area (Å²) in [5.74, 6) is -0.797. The van der Waals surface area contributed by atoms with Crippen LogP contribution in [0.5, 0.6) is 0 Å². The van der Waals surface area contributed by atoms with Gasteiger partial charge in [-0.2, -0.15) is 4.31 Å². The molecule has 1 N–H and O–H groups in total. The number of piperidine rings is 1. The molecular formula is C18H20FN3O3S. The quantitative estimate of drug-likeness (QED) is 0.863. The number of halogens is 1. The van der Waals surface area contributed by atoms with Gasteiger partial charge in [0.05, 0.1) is 11.4 Å². The van der Waals surface area contributed by atoms with Crippen LogP contribution in [0.25, 0.3) is 0 Å². The van der Waals surface area contributed by atoms with Gasteiger partial charge in [0.1, 0.15) is 0 Å². The highest BCUT2D eigenvalue weighted by atomic mass is 32.2. The third-order valence-electron chi connectivity index (χ3n) is 4.37. The second-order valence-corrected chi connectivity index (χ2v) is 8.20. The maximum atomic E-state index is 15.2. The summed E-state index contributed by atoms with van der Waals surface area (Å²) in [4.78, 5) is 16.4. The Balaban J connectivity index is 1.71. The van der Waals surface area contributed by atoms with Crippen LogP contribution in [0.2, 0.25) is 0 Å². The largest absolute Gasteiger partial charge is 0.349 e. The Bertz CT molecular complexity index is 862. The lowest BCUT2D eigenvalue weighted by Gasteiger charge is -2.35. The van der Waals surface area contributed by atoms with E-state index in [0.717, 1.165) is 9.87 Å². The summed E-state index contributed by atoms with van der Waals surface area (Å²) in [5, 5.41) is 2.55. The van der Waals surface area contributed by atoms with Crippen molar-refractivity contribution in [2.24, 2.45) is 0 Å². The van der Waals surface area contributed by atoms with E-state index in [1.165, 1.54) is 12.1 Å². The van der Waals surface area contributed by atoms with Crippen LogP contribution in [-0.4, -0.2) is 42.4 Å². The van der Waals surface area contributed by atoms with Gasteiger partial charge in [0.2, 0.25) is 15.7 Å². The molecule has 138 valence electrons. The van der Waals surface area contributed by atoms with Crippen molar-refractivity contribution >= 4 is 15.9 Å². The highest BCUT2D eigenvalue weighted by Gasteiger charge is 2.45. The van der Waals surface area contributed by atoms with Crippen molar-refractivity contribution in [3.05, 3.63) is 60.4 Å². The van der Waals surface area contributed by atoms with Crippen molar-refractivity contribution in [2.75, 3.05) is 13.1 Å². The molecule has 0 spiro atoms. The van der Waals surface area contributed by atoms with Crippen LogP contribution >= 0.6 is 0 Å². The number of carbonyl (C=O) groups excluding carboxylic acids is 1. The number of carbonyl (C=O) groups is 1. The van der Waals surface area contributed by atoms with Crippen LogP contribution in [0.1, 0.15) is 18.4 Å². The molecule has 0 unspecified atom stereocenters. The predicted octanol–water partition coefficient (Wildman–Crippen LogP) is 1.89. The molecule has 26 heavy (non-hydrogen) atoms. The number of rotatable bonds is 5. The van der Waals surface area contributed by atoms with Crippen molar-refractivity contribution in [3.8, 4) is 0 Å². The molecule has 0 radical (unpaired) electrons. The SMILES string of the molecule is O=C(NCc1cccnc1)[C@]1(F)CCCN(S(=O)(=O)c2ccccc2)C1. The normalized spacial score (nSPS) is 21.3. The number of nitrogens with one attached hydrogen (secondary N) is 1. The molecule has 1 fully saturated rings. The molecule has 2 heterocycles. The lowest BCUT2D eigenvalue weighted by molar-refractivity contribution is -0.135. The monoisotopic (exact) mass is 377 g/mol. The van der Waals surface area contributed by atoms with Gasteiger partial charge in [-0.3, -0.25) is 9.78 Å². The van der Waals surface area contributed by atoms with E-state index in [2.05, 4.69) is 10.3 Å². The molecule has 1 aliphatic rings. The van der Waals surface area contributed by atoms with Crippen LogP contribution < -0.4 is 5.32 Å². The summed E-state index contributed by atoms with van der Waals surface area (Å²) in [6, 6.07) is 11.4.